The maximum Gasteiger partial charge on any atom is 0.164 e. The molecule has 0 spiro atoms. The molecule has 3 rings (SSSR count). The van der Waals surface area contributed by atoms with E-state index in [0.717, 1.165) is 28.3 Å². The van der Waals surface area contributed by atoms with Crippen molar-refractivity contribution in [3.05, 3.63) is 41.4 Å². The number of fused-ring (bicyclic) bond motifs is 1. The first-order valence-corrected chi connectivity index (χ1v) is 6.27. The van der Waals surface area contributed by atoms with Crippen LogP contribution in [0.2, 0.25) is 0 Å². The lowest BCUT2D eigenvalue weighted by molar-refractivity contribution is 0.631. The van der Waals surface area contributed by atoms with Gasteiger partial charge in [-0.15, -0.1) is 11.3 Å². The van der Waals surface area contributed by atoms with Crippen molar-refractivity contribution >= 4 is 22.3 Å². The van der Waals surface area contributed by atoms with Gasteiger partial charge in [0.05, 0.1) is 0 Å². The fourth-order valence-electron chi connectivity index (χ4n) is 1.76. The van der Waals surface area contributed by atoms with Gasteiger partial charge >= 0.3 is 0 Å². The van der Waals surface area contributed by atoms with Gasteiger partial charge in [0.25, 0.3) is 0 Å². The molecule has 2 heterocycles. The molecule has 4 heteroatoms. The Morgan fingerprint density at radius 2 is 2.24 bits per heavy atom. The molecule has 3 nitrogen and oxygen atoms in total. The number of nitrogens with one attached hydrogen (secondary N) is 1. The van der Waals surface area contributed by atoms with Crippen LogP contribution in [0.25, 0.3) is 21.7 Å². The summed E-state index contributed by atoms with van der Waals surface area (Å²) in [4.78, 5) is 5.60. The predicted octanol–water partition coefficient (Wildman–Crippen LogP) is 3.28. The number of thiazole rings is 1. The maximum absolute atomic E-state index is 5.77. The van der Waals surface area contributed by atoms with Crippen LogP contribution < -0.4 is 5.32 Å². The lowest BCUT2D eigenvalue weighted by atomic mass is 10.2. The number of rotatable bonds is 3. The molecule has 1 N–H and O–H groups in total. The molecule has 0 atom stereocenters. The summed E-state index contributed by atoms with van der Waals surface area (Å²) in [5, 5.41) is 5.17. The molecule has 3 aromatic rings. The van der Waals surface area contributed by atoms with E-state index in [-0.39, 0.29) is 0 Å². The highest BCUT2D eigenvalue weighted by atomic mass is 32.1. The number of hydrogen-bond donors (Lipinski definition) is 1. The molecular formula is C13H12N2OS. The summed E-state index contributed by atoms with van der Waals surface area (Å²) in [5.74, 6) is 0.846. The first-order chi connectivity index (χ1) is 8.36. The number of hydrogen-bond acceptors (Lipinski definition) is 4. The number of para-hydroxylation sites is 1. The van der Waals surface area contributed by atoms with E-state index in [1.807, 2.05) is 43.6 Å². The highest BCUT2D eigenvalue weighted by Gasteiger charge is 2.09. The Bertz CT molecular complexity index is 608. The third kappa shape index (κ3) is 1.97. The number of nitrogens with zero attached hydrogens (tertiary/aromatic N) is 1. The third-order valence-corrected chi connectivity index (χ3v) is 3.55. The van der Waals surface area contributed by atoms with E-state index in [9.17, 15) is 0 Å². The second-order valence-electron chi connectivity index (χ2n) is 3.81. The summed E-state index contributed by atoms with van der Waals surface area (Å²) in [6.07, 6.45) is 1.89. The molecule has 0 aliphatic carbocycles. The smallest absolute Gasteiger partial charge is 0.164 e. The molecule has 0 amide bonds. The zero-order chi connectivity index (χ0) is 11.7. The molecular weight excluding hydrogens is 232 g/mol. The zero-order valence-electron chi connectivity index (χ0n) is 9.43. The van der Waals surface area contributed by atoms with Gasteiger partial charge in [-0.2, -0.15) is 0 Å². The molecule has 1 aromatic carbocycles. The minimum atomic E-state index is 0.845. The van der Waals surface area contributed by atoms with Gasteiger partial charge in [0.1, 0.15) is 5.58 Å². The van der Waals surface area contributed by atoms with E-state index in [0.29, 0.717) is 0 Å². The highest BCUT2D eigenvalue weighted by Crippen LogP contribution is 2.30. The van der Waals surface area contributed by atoms with Gasteiger partial charge in [0, 0.05) is 23.0 Å². The average Bonchev–Trinajstić information content (AvgIpc) is 2.94. The topological polar surface area (TPSA) is 38.1 Å². The van der Waals surface area contributed by atoms with Crippen molar-refractivity contribution in [3.63, 3.8) is 0 Å². The Morgan fingerprint density at radius 1 is 1.35 bits per heavy atom. The second-order valence-corrected chi connectivity index (χ2v) is 4.93. The Balaban J connectivity index is 2.01. The van der Waals surface area contributed by atoms with Crippen LogP contribution in [0.15, 0.2) is 40.9 Å². The molecule has 0 bridgehead atoms. The van der Waals surface area contributed by atoms with Crippen LogP contribution in [0.4, 0.5) is 0 Å². The number of furan rings is 1. The first-order valence-electron chi connectivity index (χ1n) is 5.45. The number of benzene rings is 1. The van der Waals surface area contributed by atoms with Crippen LogP contribution in [0.3, 0.4) is 0 Å². The summed E-state index contributed by atoms with van der Waals surface area (Å²) in [7, 11) is 1.93. The monoisotopic (exact) mass is 244 g/mol. The lowest BCUT2D eigenvalue weighted by Gasteiger charge is -1.90. The summed E-state index contributed by atoms with van der Waals surface area (Å²) < 4.78 is 5.77. The lowest BCUT2D eigenvalue weighted by Crippen LogP contribution is -2.02. The van der Waals surface area contributed by atoms with Gasteiger partial charge in [-0.1, -0.05) is 18.2 Å². The van der Waals surface area contributed by atoms with Crippen molar-refractivity contribution in [2.24, 2.45) is 0 Å². The fourth-order valence-corrected chi connectivity index (χ4v) is 2.64. The zero-order valence-corrected chi connectivity index (χ0v) is 10.3. The molecule has 0 saturated carbocycles. The quantitative estimate of drug-likeness (QED) is 0.768. The Labute approximate surface area is 103 Å². The summed E-state index contributed by atoms with van der Waals surface area (Å²) >= 11 is 1.66. The molecule has 0 radical (unpaired) electrons. The summed E-state index contributed by atoms with van der Waals surface area (Å²) in [6.45, 7) is 0.845. The van der Waals surface area contributed by atoms with Crippen molar-refractivity contribution in [3.8, 4) is 10.8 Å². The van der Waals surface area contributed by atoms with Crippen molar-refractivity contribution in [2.45, 2.75) is 6.54 Å². The Kier molecular flexibility index (Phi) is 2.66. The third-order valence-electron chi connectivity index (χ3n) is 2.54. The molecule has 86 valence electrons. The van der Waals surface area contributed by atoms with E-state index in [2.05, 4.69) is 10.3 Å². The summed E-state index contributed by atoms with van der Waals surface area (Å²) in [6, 6.07) is 10.0. The van der Waals surface area contributed by atoms with Crippen molar-refractivity contribution in [1.29, 1.82) is 0 Å². The van der Waals surface area contributed by atoms with Crippen molar-refractivity contribution in [1.82, 2.24) is 10.3 Å². The van der Waals surface area contributed by atoms with Gasteiger partial charge in [-0.05, 0) is 19.2 Å². The van der Waals surface area contributed by atoms with Crippen LogP contribution in [0.1, 0.15) is 4.88 Å². The van der Waals surface area contributed by atoms with Crippen molar-refractivity contribution < 1.29 is 4.42 Å². The minimum Gasteiger partial charge on any atom is -0.454 e. The second kappa shape index (κ2) is 4.31. The molecule has 2 aromatic heterocycles. The Morgan fingerprint density at radius 3 is 3.06 bits per heavy atom. The first kappa shape index (κ1) is 10.5. The molecule has 0 aliphatic heterocycles. The van der Waals surface area contributed by atoms with Crippen LogP contribution in [0, 0.1) is 0 Å². The van der Waals surface area contributed by atoms with Crippen LogP contribution in [-0.2, 0) is 6.54 Å². The van der Waals surface area contributed by atoms with Gasteiger partial charge < -0.3 is 9.73 Å². The van der Waals surface area contributed by atoms with Crippen LogP contribution in [-0.4, -0.2) is 12.0 Å². The van der Waals surface area contributed by atoms with E-state index in [4.69, 9.17) is 4.42 Å². The highest BCUT2D eigenvalue weighted by molar-refractivity contribution is 7.14. The molecule has 0 fully saturated rings. The average molecular weight is 244 g/mol. The van der Waals surface area contributed by atoms with Gasteiger partial charge in [-0.3, -0.25) is 0 Å². The maximum atomic E-state index is 5.77. The SMILES string of the molecule is CNCc1cnc(-c2cc3ccccc3o2)s1. The minimum absolute atomic E-state index is 0.845. The van der Waals surface area contributed by atoms with Gasteiger partial charge in [-0.25, -0.2) is 4.98 Å². The molecule has 17 heavy (non-hydrogen) atoms. The standard InChI is InChI=1S/C13H12N2OS/c1-14-7-10-8-15-13(17-10)12-6-9-4-2-3-5-11(9)16-12/h2-6,8,14H,7H2,1H3. The van der Waals surface area contributed by atoms with E-state index in [1.54, 1.807) is 11.3 Å². The van der Waals surface area contributed by atoms with Crippen LogP contribution in [0.5, 0.6) is 0 Å². The van der Waals surface area contributed by atoms with E-state index < -0.39 is 0 Å². The predicted molar refractivity (Wildman–Crippen MR) is 70.1 cm³/mol. The summed E-state index contributed by atoms with van der Waals surface area (Å²) in [5.41, 5.74) is 0.910. The van der Waals surface area contributed by atoms with E-state index >= 15 is 0 Å². The fraction of sp³-hybridized carbons (Fsp3) is 0.154. The van der Waals surface area contributed by atoms with Gasteiger partial charge in [0.15, 0.2) is 10.8 Å². The van der Waals surface area contributed by atoms with Crippen molar-refractivity contribution in [2.75, 3.05) is 7.05 Å². The van der Waals surface area contributed by atoms with Crippen LogP contribution >= 0.6 is 11.3 Å². The Hall–Kier alpha value is -1.65. The number of aromatic nitrogens is 1. The largest absolute Gasteiger partial charge is 0.454 e. The van der Waals surface area contributed by atoms with Gasteiger partial charge in [0.2, 0.25) is 0 Å². The molecule has 0 saturated heterocycles. The normalized spacial score (nSPS) is 11.1. The van der Waals surface area contributed by atoms with E-state index in [1.165, 1.54) is 4.88 Å². The molecule has 0 aliphatic rings. The molecule has 0 unspecified atom stereocenters.